The molecule has 2 rings (SSSR count). The average molecular weight is 722 g/mol. The first-order valence-electron chi connectivity index (χ1n) is 17.6. The molecule has 0 bridgehead atoms. The van der Waals surface area contributed by atoms with Gasteiger partial charge in [0.05, 0.1) is 38.1 Å². The molecule has 0 saturated carbocycles. The normalized spacial score (nSPS) is 23.2. The summed E-state index contributed by atoms with van der Waals surface area (Å²) in [4.78, 5) is 12.5. The lowest BCUT2D eigenvalue weighted by atomic mass is 9.85. The minimum absolute atomic E-state index is 0.0318. The van der Waals surface area contributed by atoms with Gasteiger partial charge >= 0.3 is 0 Å². The molecule has 1 saturated heterocycles. The van der Waals surface area contributed by atoms with Gasteiger partial charge in [0.15, 0.2) is 8.32 Å². The molecule has 6 atom stereocenters. The summed E-state index contributed by atoms with van der Waals surface area (Å²) in [7, 11) is -2.85. The number of aldehydes is 1. The Morgan fingerprint density at radius 2 is 1.56 bits per heavy atom. The van der Waals surface area contributed by atoms with Crippen LogP contribution in [0.25, 0.3) is 0 Å². The van der Waals surface area contributed by atoms with Crippen LogP contribution in [0.3, 0.4) is 0 Å². The standard InChI is InChI=1S/C39H65ClO6Si2/c1-26(2)48(27(3)4,28(5)6)46-38-35(23-29(7)22-34(19-16-30(8)40)45-47(14,15)39(10,11)12)44-36(24-41)31(9)37(38)43-25-32-17-20-33(42-13)21-18-32/h16-21,24,26-28,31,34-38H,7-8,22-23,25H2,1-6,9-15H3/b19-16+/t31-,34+,35+,36-,37+,38+/m0/s1. The van der Waals surface area contributed by atoms with E-state index in [4.69, 9.17) is 34.7 Å². The molecule has 0 N–H and O–H groups in total. The largest absolute Gasteiger partial charge is 0.497 e. The molecule has 1 aromatic rings. The van der Waals surface area contributed by atoms with Gasteiger partial charge in [0.25, 0.3) is 0 Å². The smallest absolute Gasteiger partial charge is 0.201 e. The van der Waals surface area contributed by atoms with Gasteiger partial charge < -0.3 is 27.9 Å². The van der Waals surface area contributed by atoms with Crippen LogP contribution in [0.5, 0.6) is 5.75 Å². The van der Waals surface area contributed by atoms with Crippen molar-refractivity contribution in [2.75, 3.05) is 7.11 Å². The Kier molecular flexibility index (Phi) is 16.1. The molecule has 1 aliphatic rings. The summed E-state index contributed by atoms with van der Waals surface area (Å²) in [6.45, 7) is 35.7. The molecule has 9 heteroatoms. The summed E-state index contributed by atoms with van der Waals surface area (Å²) in [5, 5.41) is 0.481. The monoisotopic (exact) mass is 720 g/mol. The topological polar surface area (TPSA) is 63.2 Å². The van der Waals surface area contributed by atoms with Crippen LogP contribution in [0.1, 0.15) is 87.6 Å². The number of carbonyl (C=O) groups excluding carboxylic acids is 1. The van der Waals surface area contributed by atoms with Crippen LogP contribution < -0.4 is 4.74 Å². The Bertz CT molecular complexity index is 1200. The highest BCUT2D eigenvalue weighted by Gasteiger charge is 2.53. The molecule has 0 aromatic heterocycles. The third-order valence-corrected chi connectivity index (χ3v) is 21.3. The summed E-state index contributed by atoms with van der Waals surface area (Å²) in [5.74, 6) is 0.586. The first-order chi connectivity index (χ1) is 22.2. The van der Waals surface area contributed by atoms with E-state index in [-0.39, 0.29) is 29.3 Å². The number of methoxy groups -OCH3 is 1. The van der Waals surface area contributed by atoms with Crippen LogP contribution >= 0.6 is 11.6 Å². The molecule has 6 nitrogen and oxygen atoms in total. The third kappa shape index (κ3) is 11.0. The molecule has 0 amide bonds. The lowest BCUT2D eigenvalue weighted by molar-refractivity contribution is -0.204. The Morgan fingerprint density at radius 1 is 1.00 bits per heavy atom. The fourth-order valence-corrected chi connectivity index (χ4v) is 13.9. The Labute approximate surface area is 299 Å². The Balaban J connectivity index is 2.54. The van der Waals surface area contributed by atoms with Gasteiger partial charge in [0.1, 0.15) is 18.1 Å². The van der Waals surface area contributed by atoms with E-state index >= 15 is 0 Å². The van der Waals surface area contributed by atoms with Crippen molar-refractivity contribution in [3.05, 3.63) is 65.7 Å². The minimum Gasteiger partial charge on any atom is -0.497 e. The van der Waals surface area contributed by atoms with Crippen molar-refractivity contribution < 1.29 is 27.9 Å². The number of benzene rings is 1. The summed E-state index contributed by atoms with van der Waals surface area (Å²) in [6.07, 6.45) is 3.77. The van der Waals surface area contributed by atoms with Crippen LogP contribution in [0.15, 0.2) is 60.2 Å². The predicted molar refractivity (Wildman–Crippen MR) is 206 cm³/mol. The lowest BCUT2D eigenvalue weighted by Gasteiger charge is -2.51. The van der Waals surface area contributed by atoms with Crippen LogP contribution in [-0.2, 0) is 29.7 Å². The molecule has 0 unspecified atom stereocenters. The molecule has 0 aliphatic carbocycles. The molecule has 1 heterocycles. The van der Waals surface area contributed by atoms with Crippen molar-refractivity contribution in [3.8, 4) is 5.75 Å². The maximum Gasteiger partial charge on any atom is 0.201 e. The van der Waals surface area contributed by atoms with Gasteiger partial charge in [-0.15, -0.1) is 0 Å². The molecular weight excluding hydrogens is 656 g/mol. The third-order valence-electron chi connectivity index (χ3n) is 10.6. The number of carbonyl (C=O) groups is 1. The summed E-state index contributed by atoms with van der Waals surface area (Å²) in [5.41, 5.74) is 3.06. The van der Waals surface area contributed by atoms with E-state index in [1.807, 2.05) is 37.3 Å². The molecule has 272 valence electrons. The van der Waals surface area contributed by atoms with E-state index in [1.54, 1.807) is 13.2 Å². The van der Waals surface area contributed by atoms with E-state index < -0.39 is 28.8 Å². The number of halogens is 1. The first kappa shape index (κ1) is 42.6. The van der Waals surface area contributed by atoms with Gasteiger partial charge in [-0.3, -0.25) is 0 Å². The van der Waals surface area contributed by atoms with E-state index in [1.165, 1.54) is 0 Å². The highest BCUT2D eigenvalue weighted by atomic mass is 35.5. The second-order valence-corrected chi connectivity index (χ2v) is 26.7. The van der Waals surface area contributed by atoms with Crippen molar-refractivity contribution in [1.82, 2.24) is 0 Å². The fraction of sp³-hybridized carbons (Fsp3) is 0.667. The van der Waals surface area contributed by atoms with Crippen molar-refractivity contribution in [1.29, 1.82) is 0 Å². The summed E-state index contributed by atoms with van der Waals surface area (Å²) in [6, 6.07) is 7.89. The lowest BCUT2D eigenvalue weighted by Crippen LogP contribution is -2.61. The molecule has 1 aliphatic heterocycles. The van der Waals surface area contributed by atoms with Gasteiger partial charge in [0, 0.05) is 11.0 Å². The Morgan fingerprint density at radius 3 is 2.02 bits per heavy atom. The van der Waals surface area contributed by atoms with Gasteiger partial charge in [-0.2, -0.15) is 0 Å². The van der Waals surface area contributed by atoms with Gasteiger partial charge in [-0.1, -0.05) is 118 Å². The second kappa shape index (κ2) is 18.1. The summed E-state index contributed by atoms with van der Waals surface area (Å²) >= 11 is 6.15. The zero-order valence-corrected chi connectivity index (χ0v) is 34.9. The highest BCUT2D eigenvalue weighted by molar-refractivity contribution is 6.77. The highest BCUT2D eigenvalue weighted by Crippen LogP contribution is 2.46. The second-order valence-electron chi connectivity index (χ2n) is 16.0. The molecule has 0 radical (unpaired) electrons. The summed E-state index contributed by atoms with van der Waals surface area (Å²) < 4.78 is 33.2. The van der Waals surface area contributed by atoms with Crippen molar-refractivity contribution >= 4 is 34.5 Å². The first-order valence-corrected chi connectivity index (χ1v) is 23.0. The van der Waals surface area contributed by atoms with Crippen LogP contribution in [0.2, 0.25) is 34.8 Å². The number of hydrogen-bond acceptors (Lipinski definition) is 6. The van der Waals surface area contributed by atoms with Crippen LogP contribution in [0.4, 0.5) is 0 Å². The number of allylic oxidation sites excluding steroid dienone is 2. The van der Waals surface area contributed by atoms with Crippen molar-refractivity contribution in [3.63, 3.8) is 0 Å². The van der Waals surface area contributed by atoms with Gasteiger partial charge in [-0.25, -0.2) is 0 Å². The molecule has 1 aromatic carbocycles. The number of rotatable bonds is 18. The van der Waals surface area contributed by atoms with Crippen LogP contribution in [0, 0.1) is 5.92 Å². The maximum atomic E-state index is 12.5. The maximum absolute atomic E-state index is 12.5. The molecule has 0 spiro atoms. The van der Waals surface area contributed by atoms with E-state index in [9.17, 15) is 4.79 Å². The van der Waals surface area contributed by atoms with Crippen molar-refractivity contribution in [2.24, 2.45) is 5.92 Å². The van der Waals surface area contributed by atoms with Crippen LogP contribution in [-0.4, -0.2) is 60.6 Å². The van der Waals surface area contributed by atoms with Crippen molar-refractivity contribution in [2.45, 2.75) is 154 Å². The number of hydrogen-bond donors (Lipinski definition) is 0. The quantitative estimate of drug-likeness (QED) is 0.0651. The molecule has 1 fully saturated rings. The minimum atomic E-state index is -2.39. The van der Waals surface area contributed by atoms with Gasteiger partial charge in [0.2, 0.25) is 8.32 Å². The zero-order chi connectivity index (χ0) is 36.6. The molecule has 48 heavy (non-hydrogen) atoms. The average Bonchev–Trinajstić information content (AvgIpc) is 2.98. The molecular formula is C39H65ClO6Si2. The van der Waals surface area contributed by atoms with E-state index in [2.05, 4.69) is 88.6 Å². The SMILES string of the molecule is C=C(Cl)/C=C/[C@H](CC(=C)C[C@H]1O[C@@H](C=O)[C@H](C)[C@@H](OCc2ccc(OC)cc2)[C@@H]1O[Si](C(C)C)(C(C)C)C(C)C)O[Si](C)(C)C(C)(C)C. The Hall–Kier alpha value is -1.53. The van der Waals surface area contributed by atoms with Gasteiger partial charge in [-0.05, 0) is 71.4 Å². The predicted octanol–water partition coefficient (Wildman–Crippen LogP) is 10.8. The zero-order valence-electron chi connectivity index (χ0n) is 32.1. The van der Waals surface area contributed by atoms with E-state index in [0.29, 0.717) is 41.1 Å². The number of ether oxygens (including phenoxy) is 3. The fourth-order valence-electron chi connectivity index (χ4n) is 6.94. The van der Waals surface area contributed by atoms with E-state index in [0.717, 1.165) is 23.2 Å².